The van der Waals surface area contributed by atoms with Gasteiger partial charge in [0.2, 0.25) is 0 Å². The van der Waals surface area contributed by atoms with Gasteiger partial charge in [0.15, 0.2) is 0 Å². The molecule has 0 radical (unpaired) electrons. The molecule has 0 saturated carbocycles. The molecule has 2 N–H and O–H groups in total. The maximum Gasteiger partial charge on any atom is 0.0642 e. The first kappa shape index (κ1) is 11.1. The number of allylic oxidation sites excluding steroid dienone is 2. The predicted octanol–water partition coefficient (Wildman–Crippen LogP) is 1.42. The van der Waals surface area contributed by atoms with Gasteiger partial charge in [-0.15, -0.1) is 0 Å². The molecule has 0 aliphatic rings. The Morgan fingerprint density at radius 3 is 1.50 bits per heavy atom. The first-order valence-electron chi connectivity index (χ1n) is 3.90. The minimum Gasteiger partial charge on any atom is -0.392 e. The Balaban J connectivity index is 3.50. The molecule has 0 atom stereocenters. The van der Waals surface area contributed by atoms with Crippen LogP contribution < -0.4 is 0 Å². The van der Waals surface area contributed by atoms with Crippen LogP contribution in [-0.4, -0.2) is 23.4 Å². The van der Waals surface area contributed by atoms with Gasteiger partial charge in [-0.3, -0.25) is 0 Å². The summed E-state index contributed by atoms with van der Waals surface area (Å²) in [5.74, 6) is 0. The lowest BCUT2D eigenvalue weighted by molar-refractivity contribution is 0.328. The molecule has 12 heavy (non-hydrogen) atoms. The van der Waals surface area contributed by atoms with Crippen molar-refractivity contribution in [2.45, 2.75) is 12.8 Å². The van der Waals surface area contributed by atoms with Gasteiger partial charge < -0.3 is 10.2 Å². The highest BCUT2D eigenvalue weighted by Crippen LogP contribution is 2.01. The summed E-state index contributed by atoms with van der Waals surface area (Å²) in [7, 11) is 0. The van der Waals surface area contributed by atoms with E-state index in [-0.39, 0.29) is 13.2 Å². The number of aliphatic hydroxyl groups excluding tert-OH is 2. The minimum atomic E-state index is 0.0330. The van der Waals surface area contributed by atoms with E-state index in [4.69, 9.17) is 10.2 Å². The third-order valence-electron chi connectivity index (χ3n) is 1.43. The molecule has 0 aromatic carbocycles. The largest absolute Gasteiger partial charge is 0.392 e. The van der Waals surface area contributed by atoms with Crippen molar-refractivity contribution in [3.05, 3.63) is 36.5 Å². The third-order valence-corrected chi connectivity index (χ3v) is 1.43. The Kier molecular flexibility index (Phi) is 6.34. The lowest BCUT2D eigenvalue weighted by Gasteiger charge is -1.96. The molecule has 0 saturated heterocycles. The monoisotopic (exact) mass is 168 g/mol. The first-order valence-corrected chi connectivity index (χ1v) is 3.90. The molecule has 0 aliphatic heterocycles. The van der Waals surface area contributed by atoms with E-state index in [1.807, 2.05) is 12.2 Å². The van der Waals surface area contributed by atoms with Gasteiger partial charge in [-0.25, -0.2) is 0 Å². The van der Waals surface area contributed by atoms with Crippen LogP contribution in [0.3, 0.4) is 0 Å². The highest BCUT2D eigenvalue weighted by molar-refractivity contribution is 5.06. The zero-order chi connectivity index (χ0) is 9.40. The number of aliphatic hydroxyl groups is 2. The molecule has 0 aliphatic carbocycles. The zero-order valence-corrected chi connectivity index (χ0v) is 7.29. The van der Waals surface area contributed by atoms with Crippen LogP contribution in [-0.2, 0) is 0 Å². The fraction of sp³-hybridized carbons (Fsp3) is 0.400. The predicted molar refractivity (Wildman–Crippen MR) is 50.8 cm³/mol. The van der Waals surface area contributed by atoms with Gasteiger partial charge in [-0.1, -0.05) is 25.3 Å². The molecule has 0 amide bonds. The van der Waals surface area contributed by atoms with E-state index < -0.39 is 0 Å². The molecular formula is C10H16O2. The Bertz CT molecular complexity index is 160. The van der Waals surface area contributed by atoms with Crippen LogP contribution in [0, 0.1) is 0 Å². The van der Waals surface area contributed by atoms with Crippen molar-refractivity contribution in [1.29, 1.82) is 0 Å². The average Bonchev–Trinajstić information content (AvgIpc) is 2.11. The Morgan fingerprint density at radius 2 is 1.25 bits per heavy atom. The average molecular weight is 168 g/mol. The molecule has 0 fully saturated rings. The summed E-state index contributed by atoms with van der Waals surface area (Å²) < 4.78 is 0. The molecule has 0 aromatic rings. The van der Waals surface area contributed by atoms with E-state index in [0.717, 1.165) is 11.1 Å². The molecule has 0 unspecified atom stereocenters. The summed E-state index contributed by atoms with van der Waals surface area (Å²) in [4.78, 5) is 0. The second-order valence-electron chi connectivity index (χ2n) is 2.70. The van der Waals surface area contributed by atoms with Crippen molar-refractivity contribution in [2.24, 2.45) is 0 Å². The summed E-state index contributed by atoms with van der Waals surface area (Å²) in [6, 6.07) is 0. The first-order chi connectivity index (χ1) is 5.70. The maximum absolute atomic E-state index is 8.60. The van der Waals surface area contributed by atoms with Crippen LogP contribution in [0.5, 0.6) is 0 Å². The smallest absolute Gasteiger partial charge is 0.0642 e. The van der Waals surface area contributed by atoms with E-state index in [9.17, 15) is 0 Å². The van der Waals surface area contributed by atoms with Crippen molar-refractivity contribution in [1.82, 2.24) is 0 Å². The standard InChI is InChI=1S/C10H16O2/c1-9(7-11)5-3-4-6-10(2)8-12/h3-4,11-12H,1-2,5-8H2. The van der Waals surface area contributed by atoms with Crippen LogP contribution in [0.4, 0.5) is 0 Å². The normalized spacial score (nSPS) is 10.5. The second-order valence-corrected chi connectivity index (χ2v) is 2.70. The van der Waals surface area contributed by atoms with Crippen molar-refractivity contribution >= 4 is 0 Å². The molecule has 0 spiro atoms. The molecule has 2 nitrogen and oxygen atoms in total. The number of rotatable bonds is 6. The Morgan fingerprint density at radius 1 is 0.917 bits per heavy atom. The van der Waals surface area contributed by atoms with Crippen molar-refractivity contribution in [3.8, 4) is 0 Å². The molecule has 2 heteroatoms. The van der Waals surface area contributed by atoms with E-state index in [2.05, 4.69) is 13.2 Å². The van der Waals surface area contributed by atoms with Gasteiger partial charge in [0.1, 0.15) is 0 Å². The van der Waals surface area contributed by atoms with Crippen LogP contribution in [0.25, 0.3) is 0 Å². The summed E-state index contributed by atoms with van der Waals surface area (Å²) >= 11 is 0. The Hall–Kier alpha value is -0.860. The van der Waals surface area contributed by atoms with Gasteiger partial charge >= 0.3 is 0 Å². The van der Waals surface area contributed by atoms with Crippen LogP contribution >= 0.6 is 0 Å². The zero-order valence-electron chi connectivity index (χ0n) is 7.29. The van der Waals surface area contributed by atoms with Crippen LogP contribution in [0.15, 0.2) is 36.5 Å². The van der Waals surface area contributed by atoms with Crippen molar-refractivity contribution < 1.29 is 10.2 Å². The number of hydrogen-bond acceptors (Lipinski definition) is 2. The fourth-order valence-electron chi connectivity index (χ4n) is 0.629. The van der Waals surface area contributed by atoms with E-state index in [1.54, 1.807) is 0 Å². The molecule has 68 valence electrons. The highest BCUT2D eigenvalue weighted by atomic mass is 16.3. The Labute approximate surface area is 73.5 Å². The SMILES string of the molecule is C=C(CO)CC=CCC(=C)CO. The van der Waals surface area contributed by atoms with E-state index in [0.29, 0.717) is 12.8 Å². The van der Waals surface area contributed by atoms with Gasteiger partial charge in [0, 0.05) is 0 Å². The second kappa shape index (κ2) is 6.83. The van der Waals surface area contributed by atoms with Crippen molar-refractivity contribution in [2.75, 3.05) is 13.2 Å². The van der Waals surface area contributed by atoms with Gasteiger partial charge in [0.25, 0.3) is 0 Å². The van der Waals surface area contributed by atoms with Crippen molar-refractivity contribution in [3.63, 3.8) is 0 Å². The third kappa shape index (κ3) is 5.89. The summed E-state index contributed by atoms with van der Waals surface area (Å²) in [5, 5.41) is 17.2. The molecule has 0 heterocycles. The maximum atomic E-state index is 8.60. The lowest BCUT2D eigenvalue weighted by atomic mass is 10.1. The quantitative estimate of drug-likeness (QED) is 0.589. The van der Waals surface area contributed by atoms with Gasteiger partial charge in [-0.2, -0.15) is 0 Å². The summed E-state index contributed by atoms with van der Waals surface area (Å²) in [6.07, 6.45) is 5.21. The minimum absolute atomic E-state index is 0.0330. The summed E-state index contributed by atoms with van der Waals surface area (Å²) in [6.45, 7) is 7.34. The molecule has 0 aromatic heterocycles. The molecule has 0 rings (SSSR count). The van der Waals surface area contributed by atoms with E-state index >= 15 is 0 Å². The highest BCUT2D eigenvalue weighted by Gasteiger charge is 1.88. The fourth-order valence-corrected chi connectivity index (χ4v) is 0.629. The van der Waals surface area contributed by atoms with E-state index in [1.165, 1.54) is 0 Å². The lowest BCUT2D eigenvalue weighted by Crippen LogP contribution is -1.86. The topological polar surface area (TPSA) is 40.5 Å². The van der Waals surface area contributed by atoms with Gasteiger partial charge in [0.05, 0.1) is 13.2 Å². The number of hydrogen-bond donors (Lipinski definition) is 2. The van der Waals surface area contributed by atoms with Crippen LogP contribution in [0.2, 0.25) is 0 Å². The molecular weight excluding hydrogens is 152 g/mol. The summed E-state index contributed by atoms with van der Waals surface area (Å²) in [5.41, 5.74) is 1.58. The molecule has 0 bridgehead atoms. The van der Waals surface area contributed by atoms with Gasteiger partial charge in [-0.05, 0) is 24.0 Å². The van der Waals surface area contributed by atoms with Crippen LogP contribution in [0.1, 0.15) is 12.8 Å².